The monoisotopic (exact) mass is 379 g/mol. The molecule has 0 amide bonds. The first-order chi connectivity index (χ1) is 13.3. The summed E-state index contributed by atoms with van der Waals surface area (Å²) in [5.74, 6) is 3.68. The molecule has 1 saturated heterocycles. The van der Waals surface area contributed by atoms with Crippen LogP contribution in [0.5, 0.6) is 0 Å². The lowest BCUT2D eigenvalue weighted by Crippen LogP contribution is -2.34. The van der Waals surface area contributed by atoms with Crippen molar-refractivity contribution in [2.45, 2.75) is 38.0 Å². The first-order valence-electron chi connectivity index (χ1n) is 9.68. The molecule has 0 aliphatic carbocycles. The average Bonchev–Trinajstić information content (AvgIpc) is 3.04. The standard InChI is InChI=1S/C21H22ClN5/c22-17-7-8-18-16(14-17)4-3-6-20-24-25-21(27(18)20)15-9-12-26(13-10-15)19-5-1-2-11-23-19/h1-2,5,7-8,11,14-15H,3-4,6,9-10,12-13H2. The Balaban J connectivity index is 1.44. The first-order valence-corrected chi connectivity index (χ1v) is 10.1. The molecule has 0 N–H and O–H groups in total. The third kappa shape index (κ3) is 3.10. The number of piperidine rings is 1. The Morgan fingerprint density at radius 2 is 1.89 bits per heavy atom. The number of hydrogen-bond donors (Lipinski definition) is 0. The Morgan fingerprint density at radius 3 is 2.70 bits per heavy atom. The minimum absolute atomic E-state index is 0.424. The summed E-state index contributed by atoms with van der Waals surface area (Å²) in [7, 11) is 0. The molecule has 2 aromatic heterocycles. The van der Waals surface area contributed by atoms with Crippen molar-refractivity contribution in [1.82, 2.24) is 19.7 Å². The van der Waals surface area contributed by atoms with Crippen LogP contribution in [0.3, 0.4) is 0 Å². The maximum absolute atomic E-state index is 6.24. The number of halogens is 1. The van der Waals surface area contributed by atoms with Gasteiger partial charge in [-0.3, -0.25) is 4.57 Å². The smallest absolute Gasteiger partial charge is 0.140 e. The number of hydrogen-bond acceptors (Lipinski definition) is 4. The van der Waals surface area contributed by atoms with Crippen molar-refractivity contribution in [3.05, 3.63) is 64.8 Å². The number of aryl methyl sites for hydroxylation is 2. The van der Waals surface area contributed by atoms with Crippen LogP contribution in [0.15, 0.2) is 42.6 Å². The van der Waals surface area contributed by atoms with Gasteiger partial charge in [0.25, 0.3) is 0 Å². The second-order valence-electron chi connectivity index (χ2n) is 7.39. The molecule has 6 heteroatoms. The number of anilines is 1. The minimum atomic E-state index is 0.424. The van der Waals surface area contributed by atoms with Gasteiger partial charge < -0.3 is 4.90 Å². The average molecular weight is 380 g/mol. The van der Waals surface area contributed by atoms with E-state index in [1.165, 1.54) is 11.3 Å². The van der Waals surface area contributed by atoms with Crippen molar-refractivity contribution >= 4 is 17.4 Å². The number of nitrogens with zero attached hydrogens (tertiary/aromatic N) is 5. The van der Waals surface area contributed by atoms with Crippen LogP contribution in [0.4, 0.5) is 5.82 Å². The van der Waals surface area contributed by atoms with Gasteiger partial charge in [0.05, 0.1) is 5.69 Å². The Labute approximate surface area is 164 Å². The van der Waals surface area contributed by atoms with Crippen molar-refractivity contribution in [3.63, 3.8) is 0 Å². The Morgan fingerprint density at radius 1 is 1.00 bits per heavy atom. The Kier molecular flexibility index (Phi) is 4.32. The lowest BCUT2D eigenvalue weighted by molar-refractivity contribution is 0.477. The molecule has 2 aliphatic heterocycles. The summed E-state index contributed by atoms with van der Waals surface area (Å²) in [5.41, 5.74) is 2.51. The molecular weight excluding hydrogens is 358 g/mol. The first kappa shape index (κ1) is 16.8. The summed E-state index contributed by atoms with van der Waals surface area (Å²) in [6.07, 6.45) is 7.09. The van der Waals surface area contributed by atoms with Crippen molar-refractivity contribution in [2.75, 3.05) is 18.0 Å². The van der Waals surface area contributed by atoms with Gasteiger partial charge in [-0.15, -0.1) is 10.2 Å². The summed E-state index contributed by atoms with van der Waals surface area (Å²) in [6.45, 7) is 1.99. The summed E-state index contributed by atoms with van der Waals surface area (Å²) < 4.78 is 2.31. The predicted octanol–water partition coefficient (Wildman–Crippen LogP) is 4.19. The Hall–Kier alpha value is -2.40. The van der Waals surface area contributed by atoms with Gasteiger partial charge in [-0.05, 0) is 61.6 Å². The van der Waals surface area contributed by atoms with Crippen molar-refractivity contribution in [2.24, 2.45) is 0 Å². The normalized spacial score (nSPS) is 17.3. The Bertz CT molecular complexity index is 944. The molecule has 27 heavy (non-hydrogen) atoms. The fourth-order valence-electron chi connectivity index (χ4n) is 4.34. The number of benzene rings is 1. The van der Waals surface area contributed by atoms with Gasteiger partial charge in [0.2, 0.25) is 0 Å². The van der Waals surface area contributed by atoms with Crippen molar-refractivity contribution < 1.29 is 0 Å². The van der Waals surface area contributed by atoms with Gasteiger partial charge in [0.15, 0.2) is 0 Å². The molecule has 2 aliphatic rings. The van der Waals surface area contributed by atoms with Crippen LogP contribution in [-0.2, 0) is 12.8 Å². The van der Waals surface area contributed by atoms with E-state index in [0.29, 0.717) is 5.92 Å². The van der Waals surface area contributed by atoms with Crippen LogP contribution in [-0.4, -0.2) is 32.8 Å². The second kappa shape index (κ2) is 6.97. The summed E-state index contributed by atoms with van der Waals surface area (Å²) >= 11 is 6.24. The third-order valence-electron chi connectivity index (χ3n) is 5.72. The molecule has 0 atom stereocenters. The van der Waals surface area contributed by atoms with Gasteiger partial charge in [0.1, 0.15) is 17.5 Å². The van der Waals surface area contributed by atoms with E-state index in [0.717, 1.165) is 67.7 Å². The third-order valence-corrected chi connectivity index (χ3v) is 5.95. The second-order valence-corrected chi connectivity index (χ2v) is 7.82. The van der Waals surface area contributed by atoms with E-state index in [9.17, 15) is 0 Å². The summed E-state index contributed by atoms with van der Waals surface area (Å²) in [4.78, 5) is 6.86. The maximum Gasteiger partial charge on any atom is 0.140 e. The van der Waals surface area contributed by atoms with E-state index in [2.05, 4.69) is 48.9 Å². The quantitative estimate of drug-likeness (QED) is 0.669. The fraction of sp³-hybridized carbons (Fsp3) is 0.381. The van der Waals surface area contributed by atoms with E-state index < -0.39 is 0 Å². The van der Waals surface area contributed by atoms with Crippen LogP contribution in [0.2, 0.25) is 5.02 Å². The van der Waals surface area contributed by atoms with E-state index in [-0.39, 0.29) is 0 Å². The molecular formula is C21H22ClN5. The molecule has 1 aromatic carbocycles. The summed E-state index contributed by atoms with van der Waals surface area (Å²) in [6, 6.07) is 12.3. The van der Waals surface area contributed by atoms with E-state index in [1.54, 1.807) is 0 Å². The highest BCUT2D eigenvalue weighted by Crippen LogP contribution is 2.34. The molecule has 1 fully saturated rings. The van der Waals surface area contributed by atoms with Gasteiger partial charge in [-0.2, -0.15) is 0 Å². The molecule has 0 saturated carbocycles. The van der Waals surface area contributed by atoms with Crippen LogP contribution in [0.1, 0.15) is 42.4 Å². The molecule has 5 rings (SSSR count). The van der Waals surface area contributed by atoms with Gasteiger partial charge in [-0.25, -0.2) is 4.98 Å². The predicted molar refractivity (Wildman–Crippen MR) is 107 cm³/mol. The van der Waals surface area contributed by atoms with E-state index >= 15 is 0 Å². The zero-order valence-electron chi connectivity index (χ0n) is 15.2. The number of aromatic nitrogens is 4. The number of pyridine rings is 1. The molecule has 0 radical (unpaired) electrons. The van der Waals surface area contributed by atoms with E-state index in [1.807, 2.05) is 18.3 Å². The van der Waals surface area contributed by atoms with Crippen LogP contribution < -0.4 is 4.90 Å². The molecule has 0 bridgehead atoms. The minimum Gasteiger partial charge on any atom is -0.357 e. The lowest BCUT2D eigenvalue weighted by atomic mass is 9.95. The van der Waals surface area contributed by atoms with Gasteiger partial charge >= 0.3 is 0 Å². The molecule has 5 nitrogen and oxygen atoms in total. The molecule has 0 spiro atoms. The van der Waals surface area contributed by atoms with Crippen molar-refractivity contribution in [3.8, 4) is 5.69 Å². The maximum atomic E-state index is 6.24. The number of fused-ring (bicyclic) bond motifs is 3. The van der Waals surface area contributed by atoms with Gasteiger partial charge in [-0.1, -0.05) is 17.7 Å². The van der Waals surface area contributed by atoms with Crippen LogP contribution in [0, 0.1) is 0 Å². The van der Waals surface area contributed by atoms with Crippen LogP contribution >= 0.6 is 11.6 Å². The molecule has 0 unspecified atom stereocenters. The van der Waals surface area contributed by atoms with Gasteiger partial charge in [0, 0.05) is 36.6 Å². The molecule has 4 heterocycles. The summed E-state index contributed by atoms with van der Waals surface area (Å²) in [5, 5.41) is 9.97. The highest BCUT2D eigenvalue weighted by Gasteiger charge is 2.28. The zero-order chi connectivity index (χ0) is 18.2. The largest absolute Gasteiger partial charge is 0.357 e. The fourth-order valence-corrected chi connectivity index (χ4v) is 4.53. The highest BCUT2D eigenvalue weighted by molar-refractivity contribution is 6.30. The zero-order valence-corrected chi connectivity index (χ0v) is 15.9. The van der Waals surface area contributed by atoms with Crippen molar-refractivity contribution in [1.29, 1.82) is 0 Å². The van der Waals surface area contributed by atoms with Crippen LogP contribution in [0.25, 0.3) is 5.69 Å². The lowest BCUT2D eigenvalue weighted by Gasteiger charge is -2.32. The number of rotatable bonds is 2. The highest BCUT2D eigenvalue weighted by atomic mass is 35.5. The van der Waals surface area contributed by atoms with E-state index in [4.69, 9.17) is 11.6 Å². The molecule has 138 valence electrons. The topological polar surface area (TPSA) is 46.8 Å². The SMILES string of the molecule is Clc1ccc2c(c1)CCCc1nnc(C3CCN(c4ccccn4)CC3)n1-2. The molecule has 3 aromatic rings.